The summed E-state index contributed by atoms with van der Waals surface area (Å²) in [6.45, 7) is 6.16. The van der Waals surface area contributed by atoms with Crippen molar-refractivity contribution >= 4 is 33.0 Å². The molecule has 27 heavy (non-hydrogen) atoms. The van der Waals surface area contributed by atoms with Crippen LogP contribution in [0.15, 0.2) is 28.5 Å². The number of hydrogen-bond donors (Lipinski definition) is 2. The van der Waals surface area contributed by atoms with Crippen LogP contribution >= 0.6 is 11.3 Å². The number of carbonyl (C=O) groups excluding carboxylic acids is 1. The number of rotatable bonds is 5. The van der Waals surface area contributed by atoms with Crippen molar-refractivity contribution in [3.05, 3.63) is 39.8 Å². The number of likely N-dealkylation sites (tertiary alicyclic amines) is 1. The number of nitrogens with one attached hydrogen (secondary N) is 1. The molecule has 1 aromatic heterocycles. The molecule has 0 saturated carbocycles. The van der Waals surface area contributed by atoms with Crippen LogP contribution in [-0.4, -0.2) is 37.3 Å². The number of thiazole rings is 1. The van der Waals surface area contributed by atoms with Gasteiger partial charge in [0.2, 0.25) is 15.9 Å². The Balaban J connectivity index is 1.57. The van der Waals surface area contributed by atoms with Gasteiger partial charge in [-0.15, -0.1) is 11.3 Å². The van der Waals surface area contributed by atoms with E-state index in [1.807, 2.05) is 6.92 Å². The third-order valence-corrected chi connectivity index (χ3v) is 6.65. The molecule has 1 saturated heterocycles. The molecule has 3 rings (SSSR count). The highest BCUT2D eigenvalue weighted by Crippen LogP contribution is 2.23. The van der Waals surface area contributed by atoms with E-state index in [1.54, 1.807) is 30.4 Å². The molecule has 0 radical (unpaired) electrons. The summed E-state index contributed by atoms with van der Waals surface area (Å²) in [5.74, 6) is -0.166. The van der Waals surface area contributed by atoms with E-state index >= 15 is 0 Å². The van der Waals surface area contributed by atoms with Crippen LogP contribution < -0.4 is 10.5 Å². The Labute approximate surface area is 163 Å². The number of carbonyl (C=O) groups is 1. The Kier molecular flexibility index (Phi) is 5.95. The number of nitrogens with zero attached hydrogens (tertiary/aromatic N) is 2. The molecule has 1 aliphatic heterocycles. The maximum absolute atomic E-state index is 12.6. The van der Waals surface area contributed by atoms with Gasteiger partial charge in [-0.2, -0.15) is 0 Å². The van der Waals surface area contributed by atoms with E-state index in [9.17, 15) is 13.2 Å². The van der Waals surface area contributed by atoms with E-state index in [1.165, 1.54) is 6.07 Å². The van der Waals surface area contributed by atoms with Gasteiger partial charge in [-0.25, -0.2) is 18.5 Å². The highest BCUT2D eigenvalue weighted by atomic mass is 32.2. The monoisotopic (exact) mass is 408 g/mol. The molecule has 0 spiro atoms. The first-order valence-corrected chi connectivity index (χ1v) is 11.2. The predicted molar refractivity (Wildman–Crippen MR) is 106 cm³/mol. The maximum Gasteiger partial charge on any atom is 0.238 e. The standard InChI is InChI=1S/C18H24N4O3S2/c1-12-3-4-15(9-17(12)27(19,24)25)21-18(23)14-5-7-22(8-6-14)10-16-11-26-13(2)20-16/h3-4,9,11,14H,5-8,10H2,1-2H3,(H,21,23)(H2,19,24,25). The van der Waals surface area contributed by atoms with E-state index in [0.29, 0.717) is 11.3 Å². The Bertz CT molecular complexity index is 932. The Morgan fingerprint density at radius 1 is 1.33 bits per heavy atom. The Morgan fingerprint density at radius 2 is 2.04 bits per heavy atom. The molecule has 1 amide bonds. The second-order valence-electron chi connectivity index (χ2n) is 6.92. The average Bonchev–Trinajstić information content (AvgIpc) is 3.01. The summed E-state index contributed by atoms with van der Waals surface area (Å²) in [5, 5.41) is 11.2. The van der Waals surface area contributed by atoms with Crippen LogP contribution in [-0.2, 0) is 21.4 Å². The lowest BCUT2D eigenvalue weighted by atomic mass is 9.95. The van der Waals surface area contributed by atoms with E-state index < -0.39 is 10.0 Å². The van der Waals surface area contributed by atoms with Gasteiger partial charge < -0.3 is 5.32 Å². The summed E-state index contributed by atoms with van der Waals surface area (Å²) in [7, 11) is -3.82. The van der Waals surface area contributed by atoms with Crippen LogP contribution in [0.5, 0.6) is 0 Å². The number of hydrogen-bond acceptors (Lipinski definition) is 6. The number of aromatic nitrogens is 1. The molecule has 9 heteroatoms. The number of aryl methyl sites for hydroxylation is 2. The van der Waals surface area contributed by atoms with Crippen LogP contribution in [0, 0.1) is 19.8 Å². The van der Waals surface area contributed by atoms with Gasteiger partial charge in [0.1, 0.15) is 0 Å². The molecule has 1 fully saturated rings. The maximum atomic E-state index is 12.6. The minimum absolute atomic E-state index is 0.0358. The SMILES string of the molecule is Cc1nc(CN2CCC(C(=O)Nc3ccc(C)c(S(N)(=O)=O)c3)CC2)cs1. The Hall–Kier alpha value is -1.81. The molecule has 1 aromatic carbocycles. The molecule has 3 N–H and O–H groups in total. The second-order valence-corrected chi connectivity index (χ2v) is 9.51. The quantitative estimate of drug-likeness (QED) is 0.789. The summed E-state index contributed by atoms with van der Waals surface area (Å²) in [5.41, 5.74) is 2.09. The number of nitrogens with two attached hydrogens (primary N) is 1. The van der Waals surface area contributed by atoms with Crippen molar-refractivity contribution < 1.29 is 13.2 Å². The molecule has 2 aromatic rings. The fourth-order valence-corrected chi connectivity index (χ4v) is 4.70. The van der Waals surface area contributed by atoms with Crippen LogP contribution in [0.1, 0.15) is 29.1 Å². The zero-order valence-electron chi connectivity index (χ0n) is 15.4. The van der Waals surface area contributed by atoms with Gasteiger partial charge in [0, 0.05) is 23.5 Å². The molecule has 2 heterocycles. The van der Waals surface area contributed by atoms with Crippen molar-refractivity contribution in [3.8, 4) is 0 Å². The van der Waals surface area contributed by atoms with Gasteiger partial charge in [0.15, 0.2) is 0 Å². The van der Waals surface area contributed by atoms with Crippen molar-refractivity contribution in [3.63, 3.8) is 0 Å². The number of piperidine rings is 1. The number of primary sulfonamides is 1. The lowest BCUT2D eigenvalue weighted by molar-refractivity contribution is -0.121. The Morgan fingerprint density at radius 3 is 2.63 bits per heavy atom. The average molecular weight is 409 g/mol. The summed E-state index contributed by atoms with van der Waals surface area (Å²) >= 11 is 1.65. The number of sulfonamides is 1. The topological polar surface area (TPSA) is 105 Å². The second kappa shape index (κ2) is 8.05. The lowest BCUT2D eigenvalue weighted by Gasteiger charge is -2.30. The first kappa shape index (κ1) is 19.9. The zero-order chi connectivity index (χ0) is 19.6. The lowest BCUT2D eigenvalue weighted by Crippen LogP contribution is -2.37. The minimum atomic E-state index is -3.82. The van der Waals surface area contributed by atoms with Gasteiger partial charge in [-0.05, 0) is 57.5 Å². The number of anilines is 1. The molecule has 1 aliphatic rings. The molecular weight excluding hydrogens is 384 g/mol. The molecule has 7 nitrogen and oxygen atoms in total. The van der Waals surface area contributed by atoms with Crippen LogP contribution in [0.25, 0.3) is 0 Å². The summed E-state index contributed by atoms with van der Waals surface area (Å²) in [6.07, 6.45) is 1.53. The van der Waals surface area contributed by atoms with Crippen molar-refractivity contribution in [2.45, 2.75) is 38.1 Å². The van der Waals surface area contributed by atoms with E-state index in [0.717, 1.165) is 43.2 Å². The fraction of sp³-hybridized carbons (Fsp3) is 0.444. The molecule has 0 unspecified atom stereocenters. The van der Waals surface area contributed by atoms with Gasteiger partial charge in [-0.3, -0.25) is 9.69 Å². The third kappa shape index (κ3) is 5.13. The van der Waals surface area contributed by atoms with Crippen molar-refractivity contribution in [2.24, 2.45) is 11.1 Å². The first-order valence-electron chi connectivity index (χ1n) is 8.80. The normalized spacial score (nSPS) is 16.4. The van der Waals surface area contributed by atoms with E-state index in [2.05, 4.69) is 20.6 Å². The number of benzene rings is 1. The zero-order valence-corrected chi connectivity index (χ0v) is 17.1. The highest BCUT2D eigenvalue weighted by molar-refractivity contribution is 7.89. The summed E-state index contributed by atoms with van der Waals surface area (Å²) in [6, 6.07) is 4.76. The van der Waals surface area contributed by atoms with Crippen molar-refractivity contribution in [1.29, 1.82) is 0 Å². The fourth-order valence-electron chi connectivity index (χ4n) is 3.29. The summed E-state index contributed by atoms with van der Waals surface area (Å²) < 4.78 is 23.3. The van der Waals surface area contributed by atoms with Gasteiger partial charge in [0.05, 0.1) is 15.6 Å². The largest absolute Gasteiger partial charge is 0.326 e. The van der Waals surface area contributed by atoms with Crippen molar-refractivity contribution in [1.82, 2.24) is 9.88 Å². The molecule has 146 valence electrons. The predicted octanol–water partition coefficient (Wildman–Crippen LogP) is 2.26. The molecule has 0 bridgehead atoms. The van der Waals surface area contributed by atoms with Crippen molar-refractivity contribution in [2.75, 3.05) is 18.4 Å². The van der Waals surface area contributed by atoms with E-state index in [-0.39, 0.29) is 16.7 Å². The van der Waals surface area contributed by atoms with Gasteiger partial charge >= 0.3 is 0 Å². The molecule has 0 atom stereocenters. The third-order valence-electron chi connectivity index (χ3n) is 4.77. The van der Waals surface area contributed by atoms with Gasteiger partial charge in [0.25, 0.3) is 0 Å². The van der Waals surface area contributed by atoms with E-state index in [4.69, 9.17) is 5.14 Å². The highest BCUT2D eigenvalue weighted by Gasteiger charge is 2.25. The van der Waals surface area contributed by atoms with Crippen LogP contribution in [0.4, 0.5) is 5.69 Å². The smallest absolute Gasteiger partial charge is 0.238 e. The summed E-state index contributed by atoms with van der Waals surface area (Å²) in [4.78, 5) is 19.4. The van der Waals surface area contributed by atoms with Crippen LogP contribution in [0.3, 0.4) is 0 Å². The first-order chi connectivity index (χ1) is 12.7. The minimum Gasteiger partial charge on any atom is -0.326 e. The molecule has 0 aliphatic carbocycles. The van der Waals surface area contributed by atoms with Gasteiger partial charge in [-0.1, -0.05) is 6.07 Å². The molecular formula is C18H24N4O3S2. The number of amides is 1. The van der Waals surface area contributed by atoms with Crippen LogP contribution in [0.2, 0.25) is 0 Å².